The third-order valence-electron chi connectivity index (χ3n) is 9.84. The lowest BCUT2D eigenvalue weighted by Gasteiger charge is -2.12. The quantitative estimate of drug-likeness (QED) is 0.0544. The summed E-state index contributed by atoms with van der Waals surface area (Å²) in [6.45, 7) is 18.0. The van der Waals surface area contributed by atoms with E-state index < -0.39 is 0 Å². The predicted molar refractivity (Wildman–Crippen MR) is 223 cm³/mol. The van der Waals surface area contributed by atoms with E-state index in [2.05, 4.69) is 97.5 Å². The van der Waals surface area contributed by atoms with Crippen molar-refractivity contribution in [1.29, 1.82) is 0 Å². The molecule has 286 valence electrons. The molecule has 0 spiro atoms. The summed E-state index contributed by atoms with van der Waals surface area (Å²) in [7, 11) is 0. The van der Waals surface area contributed by atoms with Crippen LogP contribution in [0.5, 0.6) is 0 Å². The maximum atomic E-state index is 3.75. The Balaban J connectivity index is 1.52. The van der Waals surface area contributed by atoms with Gasteiger partial charge in [-0.05, 0) is 111 Å². The second-order valence-corrected chi connectivity index (χ2v) is 16.0. The smallest absolute Gasteiger partial charge is 0.0205 e. The second kappa shape index (κ2) is 32.0. The van der Waals surface area contributed by atoms with E-state index in [4.69, 9.17) is 0 Å². The summed E-state index contributed by atoms with van der Waals surface area (Å²) >= 11 is 0. The molecule has 2 aromatic rings. The van der Waals surface area contributed by atoms with Crippen LogP contribution in [0.15, 0.2) is 48.5 Å². The van der Waals surface area contributed by atoms with Crippen molar-refractivity contribution in [1.82, 2.24) is 21.3 Å². The topological polar surface area (TPSA) is 48.1 Å². The van der Waals surface area contributed by atoms with Gasteiger partial charge in [0.15, 0.2) is 0 Å². The van der Waals surface area contributed by atoms with Gasteiger partial charge in [-0.3, -0.25) is 0 Å². The maximum Gasteiger partial charge on any atom is 0.0205 e. The highest BCUT2D eigenvalue weighted by Gasteiger charge is 2.05. The standard InChI is InChI=1S/C46H82N4/c1-41(2)37-47-30-24-17-13-9-5-7-11-15-19-26-32-49-39-43-34-44(36-46(35-43)45-28-22-21-23-29-45)40-50-33-27-20-16-12-8-6-10-14-18-25-31-48-38-42(3)4/h21-23,28-29,34-36,41-42,47-50H,5-20,24-27,30-33,37-40H2,1-4H3. The molecule has 0 saturated heterocycles. The molecule has 4 N–H and O–H groups in total. The molecule has 0 fully saturated rings. The monoisotopic (exact) mass is 691 g/mol. The zero-order valence-electron chi connectivity index (χ0n) is 33.6. The summed E-state index contributed by atoms with van der Waals surface area (Å²) in [4.78, 5) is 0. The normalized spacial score (nSPS) is 11.7. The lowest BCUT2D eigenvalue weighted by molar-refractivity contribution is 0.513. The van der Waals surface area contributed by atoms with Crippen LogP contribution in [0.2, 0.25) is 0 Å². The number of rotatable bonds is 35. The Labute approximate surface area is 311 Å². The van der Waals surface area contributed by atoms with Crippen molar-refractivity contribution in [3.8, 4) is 11.1 Å². The van der Waals surface area contributed by atoms with Crippen molar-refractivity contribution in [3.05, 3.63) is 59.7 Å². The molecule has 0 bridgehead atoms. The fourth-order valence-corrected chi connectivity index (χ4v) is 6.84. The number of hydrogen-bond donors (Lipinski definition) is 4. The van der Waals surface area contributed by atoms with Crippen LogP contribution in [0.3, 0.4) is 0 Å². The number of unbranched alkanes of at least 4 members (excludes halogenated alkanes) is 18. The molecule has 4 heteroatoms. The summed E-state index contributed by atoms with van der Waals surface area (Å²) in [6.07, 6.45) is 27.7. The first-order valence-corrected chi connectivity index (χ1v) is 21.6. The molecule has 0 unspecified atom stereocenters. The molecule has 0 atom stereocenters. The molecule has 0 aliphatic carbocycles. The van der Waals surface area contributed by atoms with Gasteiger partial charge in [0.25, 0.3) is 0 Å². The zero-order chi connectivity index (χ0) is 35.7. The molecule has 0 saturated carbocycles. The summed E-state index contributed by atoms with van der Waals surface area (Å²) < 4.78 is 0. The van der Waals surface area contributed by atoms with Crippen molar-refractivity contribution in [2.24, 2.45) is 11.8 Å². The van der Waals surface area contributed by atoms with Crippen LogP contribution < -0.4 is 21.3 Å². The van der Waals surface area contributed by atoms with E-state index in [1.807, 2.05) is 0 Å². The van der Waals surface area contributed by atoms with Crippen molar-refractivity contribution < 1.29 is 0 Å². The molecule has 0 aliphatic rings. The van der Waals surface area contributed by atoms with E-state index in [-0.39, 0.29) is 0 Å². The number of nitrogens with one attached hydrogen (secondary N) is 4. The second-order valence-electron chi connectivity index (χ2n) is 16.0. The van der Waals surface area contributed by atoms with E-state index in [9.17, 15) is 0 Å². The highest BCUT2D eigenvalue weighted by molar-refractivity contribution is 5.65. The van der Waals surface area contributed by atoms with Crippen LogP contribution in [0, 0.1) is 11.8 Å². The van der Waals surface area contributed by atoms with Crippen LogP contribution in [0.1, 0.15) is 167 Å². The zero-order valence-corrected chi connectivity index (χ0v) is 33.6. The van der Waals surface area contributed by atoms with Crippen molar-refractivity contribution in [2.75, 3.05) is 39.3 Å². The van der Waals surface area contributed by atoms with Gasteiger partial charge in [-0.15, -0.1) is 0 Å². The fourth-order valence-electron chi connectivity index (χ4n) is 6.84. The minimum absolute atomic E-state index is 0.765. The lowest BCUT2D eigenvalue weighted by Crippen LogP contribution is -2.20. The minimum Gasteiger partial charge on any atom is -0.316 e. The van der Waals surface area contributed by atoms with Crippen LogP contribution >= 0.6 is 0 Å². The van der Waals surface area contributed by atoms with Crippen LogP contribution in [0.4, 0.5) is 0 Å². The molecule has 0 heterocycles. The van der Waals surface area contributed by atoms with Gasteiger partial charge in [0, 0.05) is 13.1 Å². The van der Waals surface area contributed by atoms with Crippen LogP contribution in [0.25, 0.3) is 11.1 Å². The Kier molecular flexibility index (Phi) is 28.4. The van der Waals surface area contributed by atoms with Gasteiger partial charge >= 0.3 is 0 Å². The summed E-state index contributed by atoms with van der Waals surface area (Å²) in [5.74, 6) is 1.53. The average Bonchev–Trinajstić information content (AvgIpc) is 3.11. The van der Waals surface area contributed by atoms with E-state index in [0.29, 0.717) is 0 Å². The fraction of sp³-hybridized carbons (Fsp3) is 0.739. The lowest BCUT2D eigenvalue weighted by atomic mass is 9.99. The Morgan fingerprint density at radius 3 is 1.02 bits per heavy atom. The Morgan fingerprint density at radius 2 is 0.680 bits per heavy atom. The van der Waals surface area contributed by atoms with Gasteiger partial charge in [0.1, 0.15) is 0 Å². The molecular formula is C46H82N4. The number of benzene rings is 2. The molecule has 0 aromatic heterocycles. The van der Waals surface area contributed by atoms with Gasteiger partial charge in [-0.25, -0.2) is 0 Å². The first-order valence-electron chi connectivity index (χ1n) is 21.6. The molecule has 2 rings (SSSR count). The van der Waals surface area contributed by atoms with E-state index in [1.54, 1.807) is 0 Å². The third kappa shape index (κ3) is 26.1. The molecule has 4 nitrogen and oxygen atoms in total. The van der Waals surface area contributed by atoms with E-state index >= 15 is 0 Å². The highest BCUT2D eigenvalue weighted by atomic mass is 14.9. The highest BCUT2D eigenvalue weighted by Crippen LogP contribution is 2.23. The Morgan fingerprint density at radius 1 is 0.360 bits per heavy atom. The third-order valence-corrected chi connectivity index (χ3v) is 9.84. The molecule has 0 amide bonds. The predicted octanol–water partition coefficient (Wildman–Crippen LogP) is 11.8. The van der Waals surface area contributed by atoms with Crippen LogP contribution in [-0.2, 0) is 13.1 Å². The average molecular weight is 691 g/mol. The van der Waals surface area contributed by atoms with Crippen molar-refractivity contribution in [2.45, 2.75) is 169 Å². The van der Waals surface area contributed by atoms with Crippen LogP contribution in [-0.4, -0.2) is 39.3 Å². The van der Waals surface area contributed by atoms with Gasteiger partial charge < -0.3 is 21.3 Å². The Bertz CT molecular complexity index is 946. The van der Waals surface area contributed by atoms with Gasteiger partial charge in [0.05, 0.1) is 0 Å². The van der Waals surface area contributed by atoms with Gasteiger partial charge in [-0.2, -0.15) is 0 Å². The largest absolute Gasteiger partial charge is 0.316 e. The first-order chi connectivity index (χ1) is 24.5. The molecule has 0 aliphatic heterocycles. The molecule has 0 radical (unpaired) electrons. The maximum absolute atomic E-state index is 3.75. The SMILES string of the molecule is CC(C)CNCCCCCCCCCCCCNCc1cc(CNCCCCCCCCCCCCNCC(C)C)cc(-c2ccccc2)c1. The first kappa shape index (κ1) is 44.4. The van der Waals surface area contributed by atoms with Gasteiger partial charge in [-0.1, -0.05) is 167 Å². The van der Waals surface area contributed by atoms with Crippen molar-refractivity contribution in [3.63, 3.8) is 0 Å². The Hall–Kier alpha value is -1.72. The van der Waals surface area contributed by atoms with E-state index in [0.717, 1.165) is 51.1 Å². The molecule has 2 aromatic carbocycles. The van der Waals surface area contributed by atoms with Crippen molar-refractivity contribution >= 4 is 0 Å². The number of hydrogen-bond acceptors (Lipinski definition) is 4. The minimum atomic E-state index is 0.765. The summed E-state index contributed by atoms with van der Waals surface area (Å²) in [5, 5.41) is 14.6. The summed E-state index contributed by atoms with van der Waals surface area (Å²) in [6, 6.07) is 18.1. The van der Waals surface area contributed by atoms with Gasteiger partial charge in [0.2, 0.25) is 0 Å². The molecular weight excluding hydrogens is 609 g/mol. The van der Waals surface area contributed by atoms with E-state index in [1.165, 1.54) is 164 Å². The summed E-state index contributed by atoms with van der Waals surface area (Å²) in [5.41, 5.74) is 5.46. The molecule has 50 heavy (non-hydrogen) atoms.